The van der Waals surface area contributed by atoms with Gasteiger partial charge in [0, 0.05) is 38.3 Å². The maximum absolute atomic E-state index is 13.6. The zero-order chi connectivity index (χ0) is 20.8. The lowest BCUT2D eigenvalue weighted by Crippen LogP contribution is -2.53. The Kier molecular flexibility index (Phi) is 6.82. The Bertz CT molecular complexity index is 859. The van der Waals surface area contributed by atoms with E-state index in [1.165, 1.54) is 6.07 Å². The molecule has 1 aliphatic heterocycles. The molecule has 3 amide bonds. The molecular weight excluding hydrogens is 371 g/mol. The van der Waals surface area contributed by atoms with Crippen LogP contribution in [-0.4, -0.2) is 61.5 Å². The van der Waals surface area contributed by atoms with E-state index in [2.05, 4.69) is 22.6 Å². The van der Waals surface area contributed by atoms with Crippen molar-refractivity contribution in [3.8, 4) is 0 Å². The Hall–Kier alpha value is -2.93. The first-order valence-electron chi connectivity index (χ1n) is 9.78. The zero-order valence-corrected chi connectivity index (χ0v) is 16.8. The van der Waals surface area contributed by atoms with Crippen LogP contribution in [0.4, 0.5) is 9.18 Å². The Morgan fingerprint density at radius 2 is 1.79 bits per heavy atom. The Balaban J connectivity index is 1.51. The van der Waals surface area contributed by atoms with Crippen molar-refractivity contribution in [1.29, 1.82) is 0 Å². The Morgan fingerprint density at radius 1 is 1.07 bits per heavy atom. The number of hydrogen-bond donors (Lipinski definition) is 2. The average molecular weight is 398 g/mol. The highest BCUT2D eigenvalue weighted by Crippen LogP contribution is 2.24. The number of aryl methyl sites for hydroxylation is 1. The van der Waals surface area contributed by atoms with Crippen LogP contribution in [0.15, 0.2) is 48.5 Å². The first kappa shape index (κ1) is 20.8. The summed E-state index contributed by atoms with van der Waals surface area (Å²) in [6.45, 7) is 4.43. The van der Waals surface area contributed by atoms with Crippen LogP contribution >= 0.6 is 0 Å². The first-order valence-corrected chi connectivity index (χ1v) is 9.78. The van der Waals surface area contributed by atoms with E-state index in [1.807, 2.05) is 35.2 Å². The van der Waals surface area contributed by atoms with Crippen molar-refractivity contribution in [3.05, 3.63) is 71.0 Å². The van der Waals surface area contributed by atoms with E-state index in [4.69, 9.17) is 0 Å². The molecule has 1 unspecified atom stereocenters. The van der Waals surface area contributed by atoms with Crippen LogP contribution in [-0.2, 0) is 0 Å². The van der Waals surface area contributed by atoms with E-state index in [0.29, 0.717) is 18.7 Å². The normalized spacial score (nSPS) is 17.1. The summed E-state index contributed by atoms with van der Waals surface area (Å²) >= 11 is 0. The van der Waals surface area contributed by atoms with Gasteiger partial charge in [-0.15, -0.1) is 0 Å². The van der Waals surface area contributed by atoms with Crippen LogP contribution < -0.4 is 10.6 Å². The summed E-state index contributed by atoms with van der Waals surface area (Å²) in [4.78, 5) is 28.9. The quantitative estimate of drug-likeness (QED) is 0.761. The zero-order valence-electron chi connectivity index (χ0n) is 16.8. The van der Waals surface area contributed by atoms with Crippen LogP contribution in [0.2, 0.25) is 0 Å². The predicted octanol–water partition coefficient (Wildman–Crippen LogP) is 2.56. The molecule has 1 aliphatic rings. The summed E-state index contributed by atoms with van der Waals surface area (Å²) in [6.07, 6.45) is 0. The van der Waals surface area contributed by atoms with E-state index in [-0.39, 0.29) is 30.1 Å². The summed E-state index contributed by atoms with van der Waals surface area (Å²) in [6, 6.07) is 14.2. The number of urea groups is 1. The maximum atomic E-state index is 13.6. The third-order valence-corrected chi connectivity index (χ3v) is 5.15. The highest BCUT2D eigenvalue weighted by atomic mass is 19.1. The van der Waals surface area contributed by atoms with Crippen LogP contribution in [0.5, 0.6) is 0 Å². The largest absolute Gasteiger partial charge is 0.350 e. The SMILES string of the molecule is Cc1ccc(C(=O)NCCNC(=O)N2CCN(C)CC2c2ccccc2)cc1F. The van der Waals surface area contributed by atoms with E-state index >= 15 is 0 Å². The number of halogens is 1. The minimum atomic E-state index is -0.409. The Labute approximate surface area is 170 Å². The number of nitrogens with zero attached hydrogens (tertiary/aromatic N) is 2. The standard InChI is InChI=1S/C22H27FN4O2/c1-16-8-9-18(14-19(16)23)21(28)24-10-11-25-22(29)27-13-12-26(2)15-20(27)17-6-4-3-5-7-17/h3-9,14,20H,10-13,15H2,1-2H3,(H,24,28)(H,25,29). The maximum Gasteiger partial charge on any atom is 0.318 e. The van der Waals surface area contributed by atoms with Gasteiger partial charge in [-0.2, -0.15) is 0 Å². The highest BCUT2D eigenvalue weighted by molar-refractivity contribution is 5.94. The van der Waals surface area contributed by atoms with E-state index in [0.717, 1.165) is 18.7 Å². The van der Waals surface area contributed by atoms with Gasteiger partial charge in [0.1, 0.15) is 5.82 Å². The molecule has 2 N–H and O–H groups in total. The molecule has 0 saturated carbocycles. The molecule has 0 bridgehead atoms. The van der Waals surface area contributed by atoms with Crippen molar-refractivity contribution < 1.29 is 14.0 Å². The van der Waals surface area contributed by atoms with Gasteiger partial charge in [0.2, 0.25) is 0 Å². The van der Waals surface area contributed by atoms with Gasteiger partial charge in [0.05, 0.1) is 6.04 Å². The van der Waals surface area contributed by atoms with Gasteiger partial charge in [-0.25, -0.2) is 9.18 Å². The fourth-order valence-electron chi connectivity index (χ4n) is 3.41. The summed E-state index contributed by atoms with van der Waals surface area (Å²) in [5.41, 5.74) is 1.86. The fourth-order valence-corrected chi connectivity index (χ4v) is 3.41. The third kappa shape index (κ3) is 5.32. The molecule has 6 nitrogen and oxygen atoms in total. The minimum Gasteiger partial charge on any atom is -0.350 e. The number of hydrogen-bond acceptors (Lipinski definition) is 3. The molecule has 154 valence electrons. The number of carbonyl (C=O) groups excluding carboxylic acids is 2. The molecule has 1 atom stereocenters. The van der Waals surface area contributed by atoms with Crippen molar-refractivity contribution in [2.24, 2.45) is 0 Å². The van der Waals surface area contributed by atoms with E-state index in [1.54, 1.807) is 19.1 Å². The number of piperazine rings is 1. The molecule has 1 saturated heterocycles. The first-order chi connectivity index (χ1) is 14.0. The van der Waals surface area contributed by atoms with Gasteiger partial charge in [-0.1, -0.05) is 36.4 Å². The van der Waals surface area contributed by atoms with Crippen molar-refractivity contribution in [1.82, 2.24) is 20.4 Å². The van der Waals surface area contributed by atoms with Crippen molar-refractivity contribution in [2.45, 2.75) is 13.0 Å². The molecule has 0 radical (unpaired) electrons. The molecule has 0 aliphatic carbocycles. The number of benzene rings is 2. The second-order valence-electron chi connectivity index (χ2n) is 7.33. The lowest BCUT2D eigenvalue weighted by molar-refractivity contribution is 0.0949. The molecule has 3 rings (SSSR count). The lowest BCUT2D eigenvalue weighted by Gasteiger charge is -2.40. The second-order valence-corrected chi connectivity index (χ2v) is 7.33. The fraction of sp³-hybridized carbons (Fsp3) is 0.364. The molecule has 0 spiro atoms. The molecule has 7 heteroatoms. The summed E-state index contributed by atoms with van der Waals surface area (Å²) in [5, 5.41) is 5.58. The van der Waals surface area contributed by atoms with Crippen LogP contribution in [0, 0.1) is 12.7 Å². The number of rotatable bonds is 5. The van der Waals surface area contributed by atoms with E-state index < -0.39 is 5.82 Å². The molecule has 1 heterocycles. The van der Waals surface area contributed by atoms with Gasteiger partial charge in [-0.05, 0) is 37.2 Å². The minimum absolute atomic E-state index is 0.0138. The predicted molar refractivity (Wildman–Crippen MR) is 110 cm³/mol. The molecule has 29 heavy (non-hydrogen) atoms. The third-order valence-electron chi connectivity index (χ3n) is 5.15. The molecule has 1 fully saturated rings. The summed E-state index contributed by atoms with van der Waals surface area (Å²) in [5.74, 6) is -0.770. The van der Waals surface area contributed by atoms with Crippen molar-refractivity contribution >= 4 is 11.9 Å². The highest BCUT2D eigenvalue weighted by Gasteiger charge is 2.29. The average Bonchev–Trinajstić information content (AvgIpc) is 2.73. The van der Waals surface area contributed by atoms with Gasteiger partial charge in [0.25, 0.3) is 5.91 Å². The number of likely N-dealkylation sites (N-methyl/N-ethyl adjacent to an activating group) is 1. The smallest absolute Gasteiger partial charge is 0.318 e. The number of carbonyl (C=O) groups is 2. The topological polar surface area (TPSA) is 64.7 Å². The molecule has 2 aromatic rings. The van der Waals surface area contributed by atoms with Crippen LogP contribution in [0.25, 0.3) is 0 Å². The van der Waals surface area contributed by atoms with Gasteiger partial charge >= 0.3 is 6.03 Å². The van der Waals surface area contributed by atoms with Crippen molar-refractivity contribution in [3.63, 3.8) is 0 Å². The van der Waals surface area contributed by atoms with Crippen molar-refractivity contribution in [2.75, 3.05) is 39.8 Å². The lowest BCUT2D eigenvalue weighted by atomic mass is 10.0. The molecule has 2 aromatic carbocycles. The van der Waals surface area contributed by atoms with E-state index in [9.17, 15) is 14.0 Å². The monoisotopic (exact) mass is 398 g/mol. The second kappa shape index (κ2) is 9.52. The summed E-state index contributed by atoms with van der Waals surface area (Å²) < 4.78 is 13.6. The van der Waals surface area contributed by atoms with Crippen LogP contribution in [0.3, 0.4) is 0 Å². The number of amides is 3. The molecular formula is C22H27FN4O2. The van der Waals surface area contributed by atoms with Crippen LogP contribution in [0.1, 0.15) is 27.5 Å². The number of nitrogens with one attached hydrogen (secondary N) is 2. The van der Waals surface area contributed by atoms with Gasteiger partial charge in [0.15, 0.2) is 0 Å². The Morgan fingerprint density at radius 3 is 2.52 bits per heavy atom. The summed E-state index contributed by atoms with van der Waals surface area (Å²) in [7, 11) is 2.05. The molecule has 0 aromatic heterocycles. The van der Waals surface area contributed by atoms with Gasteiger partial charge in [-0.3, -0.25) is 4.79 Å². The van der Waals surface area contributed by atoms with Gasteiger partial charge < -0.3 is 20.4 Å².